The molecule has 0 bridgehead atoms. The van der Waals surface area contributed by atoms with Gasteiger partial charge in [0.15, 0.2) is 5.54 Å². The summed E-state index contributed by atoms with van der Waals surface area (Å²) in [5.41, 5.74) is -0.701. The second kappa shape index (κ2) is 6.75. The molecule has 35 heavy (non-hydrogen) atoms. The molecule has 2 aliphatic heterocycles. The first-order valence-electron chi connectivity index (χ1n) is 11.6. The van der Waals surface area contributed by atoms with Gasteiger partial charge in [0.1, 0.15) is 25.5 Å². The third-order valence-electron chi connectivity index (χ3n) is 8.16. The van der Waals surface area contributed by atoms with Gasteiger partial charge >= 0.3 is 12.1 Å². The molecule has 3 aromatic rings. The van der Waals surface area contributed by atoms with E-state index >= 15 is 0 Å². The Labute approximate surface area is 201 Å². The van der Waals surface area contributed by atoms with Gasteiger partial charge in [-0.1, -0.05) is 60.7 Å². The number of hydrogen-bond donors (Lipinski definition) is 0. The van der Waals surface area contributed by atoms with E-state index in [2.05, 4.69) is 0 Å². The van der Waals surface area contributed by atoms with Crippen molar-refractivity contribution in [1.82, 2.24) is 9.80 Å². The molecule has 1 spiro atoms. The zero-order valence-corrected chi connectivity index (χ0v) is 18.8. The zero-order chi connectivity index (χ0) is 23.8. The summed E-state index contributed by atoms with van der Waals surface area (Å²) in [6.45, 7) is 0.133. The molecule has 0 radical (unpaired) electrons. The minimum atomic E-state index is -1.11. The summed E-state index contributed by atoms with van der Waals surface area (Å²) in [5, 5.41) is 0. The van der Waals surface area contributed by atoms with Crippen LogP contribution in [0.25, 0.3) is 0 Å². The SMILES string of the molecule is O=C(CN1C(=O)[C@]2(N3C(=O)OC[C@@H]3c3ccccc3)C3(c4ccco4)C[C@@]132)OCc1ccccc1. The number of esters is 1. The van der Waals surface area contributed by atoms with E-state index in [1.807, 2.05) is 66.7 Å². The Morgan fingerprint density at radius 2 is 1.74 bits per heavy atom. The number of amides is 2. The summed E-state index contributed by atoms with van der Waals surface area (Å²) < 4.78 is 16.7. The minimum Gasteiger partial charge on any atom is -0.469 e. The van der Waals surface area contributed by atoms with Crippen molar-refractivity contribution in [2.45, 2.75) is 35.6 Å². The van der Waals surface area contributed by atoms with E-state index in [9.17, 15) is 14.4 Å². The van der Waals surface area contributed by atoms with Crippen LogP contribution in [0.4, 0.5) is 4.79 Å². The average Bonchev–Trinajstić information content (AvgIpc) is 3.40. The highest BCUT2D eigenvalue weighted by molar-refractivity contribution is 6.15. The normalized spacial score (nSPS) is 31.8. The van der Waals surface area contributed by atoms with Crippen molar-refractivity contribution in [2.75, 3.05) is 13.2 Å². The number of benzene rings is 2. The number of fused-ring (bicyclic) bond motifs is 1. The van der Waals surface area contributed by atoms with Gasteiger partial charge in [0.05, 0.1) is 23.3 Å². The molecule has 8 nitrogen and oxygen atoms in total. The van der Waals surface area contributed by atoms with Gasteiger partial charge in [0, 0.05) is 0 Å². The molecule has 1 unspecified atom stereocenters. The highest BCUT2D eigenvalue weighted by Gasteiger charge is 3.16. The molecule has 176 valence electrons. The largest absolute Gasteiger partial charge is 0.469 e. The van der Waals surface area contributed by atoms with Crippen LogP contribution in [0, 0.1) is 0 Å². The predicted molar refractivity (Wildman–Crippen MR) is 121 cm³/mol. The fraction of sp³-hybridized carbons (Fsp3) is 0.296. The van der Waals surface area contributed by atoms with E-state index in [4.69, 9.17) is 13.9 Å². The van der Waals surface area contributed by atoms with Crippen molar-refractivity contribution in [3.05, 3.63) is 95.9 Å². The van der Waals surface area contributed by atoms with E-state index < -0.39 is 34.6 Å². The van der Waals surface area contributed by atoms with Crippen LogP contribution in [-0.2, 0) is 31.1 Å². The first-order valence-corrected chi connectivity index (χ1v) is 11.6. The van der Waals surface area contributed by atoms with Gasteiger partial charge in [-0.3, -0.25) is 14.5 Å². The third kappa shape index (κ3) is 2.25. The van der Waals surface area contributed by atoms with Crippen LogP contribution in [0.2, 0.25) is 0 Å². The summed E-state index contributed by atoms with van der Waals surface area (Å²) in [7, 11) is 0. The molecule has 2 aliphatic carbocycles. The van der Waals surface area contributed by atoms with Crippen molar-refractivity contribution < 1.29 is 28.3 Å². The first kappa shape index (κ1) is 20.3. The lowest BCUT2D eigenvalue weighted by Gasteiger charge is -2.50. The van der Waals surface area contributed by atoms with E-state index in [0.717, 1.165) is 11.1 Å². The van der Waals surface area contributed by atoms with Crippen LogP contribution in [0.5, 0.6) is 0 Å². The molecule has 1 aromatic heterocycles. The van der Waals surface area contributed by atoms with Gasteiger partial charge in [-0.05, 0) is 29.7 Å². The Morgan fingerprint density at radius 3 is 2.46 bits per heavy atom. The summed E-state index contributed by atoms with van der Waals surface area (Å²) in [6.07, 6.45) is 1.67. The van der Waals surface area contributed by atoms with Crippen LogP contribution < -0.4 is 0 Å². The summed E-state index contributed by atoms with van der Waals surface area (Å²) in [4.78, 5) is 42.7. The van der Waals surface area contributed by atoms with Gasteiger partial charge < -0.3 is 18.8 Å². The number of cyclic esters (lactones) is 1. The van der Waals surface area contributed by atoms with Crippen molar-refractivity contribution in [1.29, 1.82) is 0 Å². The second-order valence-electron chi connectivity index (χ2n) is 9.54. The summed E-state index contributed by atoms with van der Waals surface area (Å²) >= 11 is 0. The van der Waals surface area contributed by atoms with Crippen LogP contribution in [0.1, 0.15) is 29.3 Å². The molecule has 4 atom stereocenters. The predicted octanol–water partition coefficient (Wildman–Crippen LogP) is 3.19. The topological polar surface area (TPSA) is 89.3 Å². The molecule has 8 heteroatoms. The van der Waals surface area contributed by atoms with Crippen LogP contribution >= 0.6 is 0 Å². The lowest BCUT2D eigenvalue weighted by atomic mass is 9.83. The third-order valence-corrected chi connectivity index (χ3v) is 8.16. The average molecular weight is 470 g/mol. The maximum absolute atomic E-state index is 13.8. The zero-order valence-electron chi connectivity index (χ0n) is 18.8. The quantitative estimate of drug-likeness (QED) is 0.389. The van der Waals surface area contributed by atoms with Crippen LogP contribution in [0.15, 0.2) is 83.5 Å². The number of carbonyl (C=O) groups excluding carboxylic acids is 3. The van der Waals surface area contributed by atoms with Crippen LogP contribution in [-0.4, -0.2) is 52.0 Å². The Balaban J connectivity index is 1.20. The van der Waals surface area contributed by atoms with Gasteiger partial charge in [-0.15, -0.1) is 0 Å². The maximum Gasteiger partial charge on any atom is 0.411 e. The van der Waals surface area contributed by atoms with Crippen LogP contribution in [0.3, 0.4) is 0 Å². The fourth-order valence-electron chi connectivity index (χ4n) is 6.68. The number of β-lactam (4-membered cyclic amide) rings is 1. The Bertz CT molecular complexity index is 1340. The van der Waals surface area contributed by atoms with Crippen molar-refractivity contribution in [2.24, 2.45) is 0 Å². The standard InChI is InChI=1S/C27H22N2O6/c30-22(34-15-18-8-3-1-4-9-18)14-28-23(31)27(25(17-26(25,27)28)21-12-7-13-33-21)29-20(16-35-24(29)32)19-10-5-2-6-11-19/h1-13,20H,14-17H2/t20-,25?,26-,27+/m1/s1. The molecule has 0 N–H and O–H groups in total. The Morgan fingerprint density at radius 1 is 1.00 bits per heavy atom. The first-order chi connectivity index (χ1) is 17.1. The number of piperidine rings is 1. The second-order valence-corrected chi connectivity index (χ2v) is 9.54. The minimum absolute atomic E-state index is 0.137. The number of likely N-dealkylation sites (tertiary alicyclic amines) is 1. The lowest BCUT2D eigenvalue weighted by molar-refractivity contribution is -0.167. The highest BCUT2D eigenvalue weighted by Crippen LogP contribution is 2.95. The van der Waals surface area contributed by atoms with E-state index in [1.54, 1.807) is 22.1 Å². The Kier molecular flexibility index (Phi) is 3.92. The number of hydrogen-bond acceptors (Lipinski definition) is 6. The van der Waals surface area contributed by atoms with Crippen molar-refractivity contribution in [3.63, 3.8) is 0 Å². The molecular formula is C27H22N2O6. The number of ether oxygens (including phenoxy) is 2. The molecule has 2 saturated heterocycles. The van der Waals surface area contributed by atoms with Crippen molar-refractivity contribution in [3.8, 4) is 0 Å². The molecule has 4 aliphatic rings. The number of nitrogens with zero attached hydrogens (tertiary/aromatic N) is 2. The lowest BCUT2D eigenvalue weighted by Crippen LogP contribution is -2.73. The molecule has 3 heterocycles. The van der Waals surface area contributed by atoms with Gasteiger partial charge in [-0.25, -0.2) is 4.79 Å². The van der Waals surface area contributed by atoms with Gasteiger partial charge in [0.2, 0.25) is 0 Å². The molecule has 7 rings (SSSR count). The summed E-state index contributed by atoms with van der Waals surface area (Å²) in [6, 6.07) is 22.2. The summed E-state index contributed by atoms with van der Waals surface area (Å²) in [5.74, 6) is -0.102. The number of carbonyl (C=O) groups is 3. The molecule has 2 saturated carbocycles. The highest BCUT2D eigenvalue weighted by atomic mass is 16.6. The smallest absolute Gasteiger partial charge is 0.411 e. The Hall–Kier alpha value is -4.07. The molecular weight excluding hydrogens is 448 g/mol. The fourth-order valence-corrected chi connectivity index (χ4v) is 6.68. The van der Waals surface area contributed by atoms with E-state index in [-0.39, 0.29) is 25.7 Å². The molecule has 2 amide bonds. The van der Waals surface area contributed by atoms with E-state index in [0.29, 0.717) is 12.2 Å². The molecule has 4 fully saturated rings. The maximum atomic E-state index is 13.8. The van der Waals surface area contributed by atoms with Gasteiger partial charge in [0.25, 0.3) is 5.91 Å². The van der Waals surface area contributed by atoms with Gasteiger partial charge in [-0.2, -0.15) is 0 Å². The number of furan rings is 1. The number of rotatable bonds is 7. The monoisotopic (exact) mass is 470 g/mol. The molecule has 2 aromatic carbocycles. The van der Waals surface area contributed by atoms with Crippen molar-refractivity contribution >= 4 is 18.0 Å². The van der Waals surface area contributed by atoms with E-state index in [1.165, 1.54) is 0 Å².